The molecule has 1 aromatic heterocycles. The lowest BCUT2D eigenvalue weighted by molar-refractivity contribution is 0.0983. The Labute approximate surface area is 151 Å². The monoisotopic (exact) mass is 392 g/mol. The van der Waals surface area contributed by atoms with Gasteiger partial charge in [0.05, 0.1) is 0 Å². The summed E-state index contributed by atoms with van der Waals surface area (Å²) >= 11 is 5.74. The van der Waals surface area contributed by atoms with Gasteiger partial charge in [0.15, 0.2) is 0 Å². The van der Waals surface area contributed by atoms with Crippen molar-refractivity contribution < 1.29 is 0 Å². The highest BCUT2D eigenvalue weighted by Gasteiger charge is 2.40. The lowest BCUT2D eigenvalue weighted by Crippen LogP contribution is -2.50. The van der Waals surface area contributed by atoms with Gasteiger partial charge in [-0.2, -0.15) is 11.8 Å². The molecule has 0 radical (unpaired) electrons. The molecule has 4 rings (SSSR count). The second-order valence-corrected chi connectivity index (χ2v) is 9.00. The second-order valence-electron chi connectivity index (χ2n) is 7.17. The maximum absolute atomic E-state index is 3.74. The lowest BCUT2D eigenvalue weighted by Gasteiger charge is -2.47. The first-order valence-corrected chi connectivity index (χ1v) is 10.8. The van der Waals surface area contributed by atoms with Crippen LogP contribution in [0.25, 0.3) is 10.9 Å². The van der Waals surface area contributed by atoms with Gasteiger partial charge in [0.1, 0.15) is 0 Å². The van der Waals surface area contributed by atoms with Crippen molar-refractivity contribution in [2.24, 2.45) is 5.92 Å². The highest BCUT2D eigenvalue weighted by molar-refractivity contribution is 9.10. The van der Waals surface area contributed by atoms with Gasteiger partial charge in [-0.15, -0.1) is 0 Å². The van der Waals surface area contributed by atoms with Crippen LogP contribution in [0.5, 0.6) is 0 Å². The average molecular weight is 393 g/mol. The van der Waals surface area contributed by atoms with E-state index in [1.165, 1.54) is 52.8 Å². The number of likely N-dealkylation sites (N-methyl/N-ethyl adjacent to an activating group) is 1. The molecule has 0 spiro atoms. The summed E-state index contributed by atoms with van der Waals surface area (Å²) in [5.41, 5.74) is 5.81. The number of rotatable bonds is 3. The van der Waals surface area contributed by atoms with Gasteiger partial charge in [0.25, 0.3) is 0 Å². The van der Waals surface area contributed by atoms with Gasteiger partial charge in [0.2, 0.25) is 0 Å². The third kappa shape index (κ3) is 2.58. The van der Waals surface area contributed by atoms with Gasteiger partial charge in [-0.25, -0.2) is 0 Å². The maximum Gasteiger partial charge on any atom is 0.0473 e. The van der Waals surface area contributed by atoms with Crippen molar-refractivity contribution in [2.75, 3.05) is 25.1 Å². The van der Waals surface area contributed by atoms with Crippen LogP contribution < -0.4 is 0 Å². The Balaban J connectivity index is 1.85. The van der Waals surface area contributed by atoms with E-state index in [0.717, 1.165) is 5.92 Å². The summed E-state index contributed by atoms with van der Waals surface area (Å²) in [4.78, 5) is 6.37. The van der Waals surface area contributed by atoms with Crippen LogP contribution in [0.4, 0.5) is 0 Å². The first kappa shape index (κ1) is 16.0. The fraction of sp³-hybridized carbons (Fsp3) is 0.579. The molecule has 4 heteroatoms. The Hall–Kier alpha value is -0.450. The number of aromatic amines is 1. The summed E-state index contributed by atoms with van der Waals surface area (Å²) < 4.78 is 1.21. The summed E-state index contributed by atoms with van der Waals surface area (Å²) in [5.74, 6) is 2.79. The Morgan fingerprint density at radius 3 is 2.96 bits per heavy atom. The van der Waals surface area contributed by atoms with Crippen molar-refractivity contribution in [1.29, 1.82) is 0 Å². The number of likely N-dealkylation sites (tertiary alicyclic amines) is 1. The fourth-order valence-corrected chi connectivity index (χ4v) is 6.11. The quantitative estimate of drug-likeness (QED) is 0.796. The molecule has 0 bridgehead atoms. The van der Waals surface area contributed by atoms with E-state index in [2.05, 4.69) is 58.0 Å². The molecule has 2 aliphatic rings. The van der Waals surface area contributed by atoms with E-state index in [4.69, 9.17) is 0 Å². The zero-order valence-electron chi connectivity index (χ0n) is 14.2. The van der Waals surface area contributed by atoms with Gasteiger partial charge in [-0.05, 0) is 67.5 Å². The van der Waals surface area contributed by atoms with Crippen molar-refractivity contribution in [1.82, 2.24) is 9.88 Å². The number of H-pyrrole nitrogens is 1. The Morgan fingerprint density at radius 2 is 2.22 bits per heavy atom. The topological polar surface area (TPSA) is 19.0 Å². The van der Waals surface area contributed by atoms with E-state index in [9.17, 15) is 0 Å². The van der Waals surface area contributed by atoms with Crippen molar-refractivity contribution in [3.8, 4) is 0 Å². The largest absolute Gasteiger partial charge is 0.358 e. The van der Waals surface area contributed by atoms with Gasteiger partial charge in [0, 0.05) is 39.6 Å². The number of nitrogens with one attached hydrogen (secondary N) is 1. The maximum atomic E-state index is 3.74. The second kappa shape index (κ2) is 6.12. The number of thioether (sulfide) groups is 1. The van der Waals surface area contributed by atoms with Crippen LogP contribution in [0, 0.1) is 12.8 Å². The molecule has 1 aromatic carbocycles. The molecule has 124 valence electrons. The fourth-order valence-electron chi connectivity index (χ4n) is 4.92. The number of hydrogen-bond donors (Lipinski definition) is 1. The smallest absolute Gasteiger partial charge is 0.0473 e. The van der Waals surface area contributed by atoms with Crippen LogP contribution in [0.3, 0.4) is 0 Å². The molecule has 2 heterocycles. The Bertz CT molecular complexity index is 739. The van der Waals surface area contributed by atoms with Crippen LogP contribution in [0.2, 0.25) is 0 Å². The highest BCUT2D eigenvalue weighted by Crippen LogP contribution is 2.46. The molecule has 0 amide bonds. The summed E-state index contributed by atoms with van der Waals surface area (Å²) in [6, 6.07) is 5.32. The van der Waals surface area contributed by atoms with Gasteiger partial charge >= 0.3 is 0 Å². The van der Waals surface area contributed by atoms with E-state index in [1.807, 2.05) is 11.8 Å². The number of benzene rings is 1. The molecule has 23 heavy (non-hydrogen) atoms. The van der Waals surface area contributed by atoms with Crippen LogP contribution in [-0.2, 0) is 6.42 Å². The molecule has 1 unspecified atom stereocenters. The number of piperidine rings is 1. The molecule has 1 aliphatic heterocycles. The molecule has 2 aromatic rings. The van der Waals surface area contributed by atoms with E-state index in [1.54, 1.807) is 11.1 Å². The first-order valence-electron chi connectivity index (χ1n) is 8.66. The molecule has 1 aliphatic carbocycles. The lowest BCUT2D eigenvalue weighted by atomic mass is 9.72. The summed E-state index contributed by atoms with van der Waals surface area (Å²) in [5, 5.41) is 1.52. The number of hydrogen-bond acceptors (Lipinski definition) is 2. The van der Waals surface area contributed by atoms with Crippen LogP contribution in [0.15, 0.2) is 16.6 Å². The van der Waals surface area contributed by atoms with Crippen molar-refractivity contribution >= 4 is 38.6 Å². The molecule has 2 nitrogen and oxygen atoms in total. The Kier molecular flexibility index (Phi) is 4.27. The van der Waals surface area contributed by atoms with E-state index < -0.39 is 0 Å². The predicted octanol–water partition coefficient (Wildman–Crippen LogP) is 4.95. The molecular formula is C19H25BrN2S. The number of halogens is 1. The summed E-state index contributed by atoms with van der Waals surface area (Å²) in [6.45, 7) is 7.01. The van der Waals surface area contributed by atoms with Gasteiger partial charge in [-0.3, -0.25) is 4.90 Å². The number of aryl methyl sites for hydroxylation is 1. The van der Waals surface area contributed by atoms with E-state index in [-0.39, 0.29) is 0 Å². The number of aromatic nitrogens is 1. The van der Waals surface area contributed by atoms with Crippen molar-refractivity contribution in [2.45, 2.75) is 38.6 Å². The van der Waals surface area contributed by atoms with Gasteiger partial charge in [-0.1, -0.05) is 22.9 Å². The number of fused-ring (bicyclic) bond motifs is 2. The first-order chi connectivity index (χ1) is 11.1. The average Bonchev–Trinajstić information content (AvgIpc) is 2.84. The molecule has 3 atom stereocenters. The molecule has 0 saturated carbocycles. The number of nitrogens with zero attached hydrogens (tertiary/aromatic N) is 1. The highest BCUT2D eigenvalue weighted by atomic mass is 79.9. The third-order valence-corrected chi connectivity index (χ3v) is 7.11. The minimum Gasteiger partial charge on any atom is -0.358 e. The van der Waals surface area contributed by atoms with Crippen LogP contribution in [0.1, 0.15) is 36.1 Å². The Morgan fingerprint density at radius 1 is 1.39 bits per heavy atom. The van der Waals surface area contributed by atoms with Gasteiger partial charge < -0.3 is 4.98 Å². The minimum absolute atomic E-state index is 0.678. The van der Waals surface area contributed by atoms with E-state index in [0.29, 0.717) is 12.0 Å². The SMILES string of the molecule is CCN1CC(CSC)C[C@@H]2c3cc(Br)cc4[nH]c(C)c(c34)C[C@H]21. The molecule has 1 N–H and O–H groups in total. The van der Waals surface area contributed by atoms with Crippen LogP contribution >= 0.6 is 27.7 Å². The van der Waals surface area contributed by atoms with E-state index >= 15 is 0 Å². The summed E-state index contributed by atoms with van der Waals surface area (Å²) in [7, 11) is 0. The molecular weight excluding hydrogens is 368 g/mol. The standard InChI is InChI=1S/C19H25BrN2S/c1-4-22-9-12(10-23-3)5-15-16-6-13(20)7-17-19(16)14(8-18(15)22)11(2)21-17/h6-7,12,15,18,21H,4-5,8-10H2,1-3H3/t12?,15-,18-/m1/s1. The minimum atomic E-state index is 0.678. The van der Waals surface area contributed by atoms with Crippen LogP contribution in [-0.4, -0.2) is 41.0 Å². The van der Waals surface area contributed by atoms with Crippen molar-refractivity contribution in [3.63, 3.8) is 0 Å². The zero-order valence-corrected chi connectivity index (χ0v) is 16.6. The predicted molar refractivity (Wildman–Crippen MR) is 105 cm³/mol. The third-order valence-electron chi connectivity index (χ3n) is 5.84. The molecule has 1 fully saturated rings. The summed E-state index contributed by atoms with van der Waals surface area (Å²) in [6.07, 6.45) is 4.80. The normalized spacial score (nSPS) is 27.4. The molecule has 1 saturated heterocycles. The zero-order chi connectivity index (χ0) is 16.1. The van der Waals surface area contributed by atoms with Crippen molar-refractivity contribution in [3.05, 3.63) is 33.4 Å².